The molecule has 2 unspecified atom stereocenters. The average Bonchev–Trinajstić information content (AvgIpc) is 2.75. The molecule has 108 valence electrons. The van der Waals surface area contributed by atoms with Crippen molar-refractivity contribution in [2.45, 2.75) is 6.17 Å². The van der Waals surface area contributed by atoms with Crippen molar-refractivity contribution in [1.29, 1.82) is 0 Å². The lowest BCUT2D eigenvalue weighted by Crippen LogP contribution is -2.55. The highest BCUT2D eigenvalue weighted by atomic mass is 15.3. The minimum Gasteiger partial charge on any atom is -0.304 e. The lowest BCUT2D eigenvalue weighted by atomic mass is 9.72. The summed E-state index contributed by atoms with van der Waals surface area (Å²) < 4.78 is 0. The minimum atomic E-state index is -0.200. The molecule has 4 nitrogen and oxygen atoms in total. The zero-order valence-corrected chi connectivity index (χ0v) is 12.3. The molecule has 1 spiro atoms. The topological polar surface area (TPSA) is 31.2 Å². The van der Waals surface area contributed by atoms with Gasteiger partial charge in [-0.15, -0.1) is 0 Å². The van der Waals surface area contributed by atoms with Gasteiger partial charge in [-0.05, 0) is 24.8 Å². The van der Waals surface area contributed by atoms with Gasteiger partial charge in [0.2, 0.25) is 0 Å². The fourth-order valence-corrected chi connectivity index (χ4v) is 3.61. The van der Waals surface area contributed by atoms with Crippen molar-refractivity contribution in [3.05, 3.63) is 48.2 Å². The van der Waals surface area contributed by atoms with Crippen molar-refractivity contribution < 1.29 is 0 Å². The molecule has 0 aromatic heterocycles. The number of allylic oxidation sites excluding steroid dienone is 5. The quantitative estimate of drug-likeness (QED) is 0.731. The molecule has 1 saturated heterocycles. The van der Waals surface area contributed by atoms with E-state index in [1.165, 1.54) is 5.57 Å². The third kappa shape index (κ3) is 1.90. The van der Waals surface area contributed by atoms with Crippen LogP contribution < -0.4 is 0 Å². The number of hydrogen-bond acceptors (Lipinski definition) is 4. The van der Waals surface area contributed by atoms with Gasteiger partial charge in [0, 0.05) is 38.6 Å². The molecule has 4 aliphatic rings. The molecule has 3 heterocycles. The Balaban J connectivity index is 1.74. The summed E-state index contributed by atoms with van der Waals surface area (Å²) in [6.45, 7) is 4.33. The molecule has 0 N–H and O–H groups in total. The third-order valence-corrected chi connectivity index (χ3v) is 4.85. The number of aliphatic imine (C=N–C) groups is 2. The van der Waals surface area contributed by atoms with Crippen molar-refractivity contribution in [3.8, 4) is 0 Å². The predicted octanol–water partition coefficient (Wildman–Crippen LogP) is 1.65. The number of rotatable bonds is 1. The number of likely N-dealkylation sites (N-methyl/N-ethyl adjacent to an activating group) is 1. The Morgan fingerprint density at radius 2 is 2.00 bits per heavy atom. The van der Waals surface area contributed by atoms with Crippen molar-refractivity contribution >= 4 is 11.9 Å². The molecule has 0 saturated carbocycles. The van der Waals surface area contributed by atoms with E-state index in [4.69, 9.17) is 4.99 Å². The Labute approximate surface area is 125 Å². The summed E-state index contributed by atoms with van der Waals surface area (Å²) in [5.41, 5.74) is 2.15. The largest absolute Gasteiger partial charge is 0.304 e. The van der Waals surface area contributed by atoms with Gasteiger partial charge in [0.1, 0.15) is 6.17 Å². The van der Waals surface area contributed by atoms with Gasteiger partial charge in [-0.1, -0.05) is 24.3 Å². The molecule has 0 radical (unpaired) electrons. The molecular formula is C17H20N4. The normalized spacial score (nSPS) is 35.2. The van der Waals surface area contributed by atoms with E-state index < -0.39 is 0 Å². The van der Waals surface area contributed by atoms with E-state index in [0.717, 1.165) is 31.9 Å². The standard InChI is InChI=1S/C17H20N4/c1-20-9-11-21(12-10-20)16-17-7-3-2-6-15(17)18-8-4-5-14(17)13-19-16/h2-8,13,16H,9-12H2,1H3. The molecule has 21 heavy (non-hydrogen) atoms. The number of nitrogens with zero attached hydrogens (tertiary/aromatic N) is 4. The number of piperazine rings is 1. The summed E-state index contributed by atoms with van der Waals surface area (Å²) in [5.74, 6) is 0. The summed E-state index contributed by atoms with van der Waals surface area (Å²) in [4.78, 5) is 14.4. The van der Waals surface area contributed by atoms with Crippen LogP contribution in [0.15, 0.2) is 58.2 Å². The minimum absolute atomic E-state index is 0.136. The fourth-order valence-electron chi connectivity index (χ4n) is 3.61. The van der Waals surface area contributed by atoms with Crippen LogP contribution in [0, 0.1) is 5.41 Å². The second-order valence-corrected chi connectivity index (χ2v) is 6.06. The van der Waals surface area contributed by atoms with Gasteiger partial charge in [-0.25, -0.2) is 0 Å². The molecule has 4 rings (SSSR count). The Morgan fingerprint density at radius 1 is 1.14 bits per heavy atom. The van der Waals surface area contributed by atoms with Crippen molar-refractivity contribution in [2.75, 3.05) is 33.2 Å². The summed E-state index contributed by atoms with van der Waals surface area (Å²) in [6.07, 6.45) is 16.8. The highest BCUT2D eigenvalue weighted by Gasteiger charge is 2.50. The molecule has 0 amide bonds. The van der Waals surface area contributed by atoms with E-state index in [1.807, 2.05) is 18.5 Å². The van der Waals surface area contributed by atoms with E-state index in [0.29, 0.717) is 0 Å². The van der Waals surface area contributed by atoms with E-state index in [2.05, 4.69) is 52.2 Å². The zero-order valence-electron chi connectivity index (χ0n) is 12.3. The Kier molecular flexibility index (Phi) is 3.01. The van der Waals surface area contributed by atoms with Crippen LogP contribution in [0.5, 0.6) is 0 Å². The van der Waals surface area contributed by atoms with Gasteiger partial charge in [0.25, 0.3) is 0 Å². The van der Waals surface area contributed by atoms with Gasteiger partial charge in [0.15, 0.2) is 0 Å². The molecule has 0 bridgehead atoms. The maximum Gasteiger partial charge on any atom is 0.121 e. The van der Waals surface area contributed by atoms with Gasteiger partial charge in [0.05, 0.1) is 11.1 Å². The molecule has 0 aromatic carbocycles. The second kappa shape index (κ2) is 4.90. The number of hydrogen-bond donors (Lipinski definition) is 0. The first-order chi connectivity index (χ1) is 10.3. The van der Waals surface area contributed by atoms with Crippen LogP contribution in [0.1, 0.15) is 0 Å². The first kappa shape index (κ1) is 12.9. The molecule has 2 atom stereocenters. The molecule has 3 aliphatic heterocycles. The summed E-state index contributed by atoms with van der Waals surface area (Å²) in [5, 5.41) is 0. The fraction of sp³-hybridized carbons (Fsp3) is 0.412. The van der Waals surface area contributed by atoms with Gasteiger partial charge < -0.3 is 4.90 Å². The first-order valence-electron chi connectivity index (χ1n) is 7.58. The van der Waals surface area contributed by atoms with E-state index >= 15 is 0 Å². The SMILES string of the molecule is CN1CCN(C2N=CC3=CC=CN=C4C=CC=CC342)CC1. The van der Waals surface area contributed by atoms with Crippen LogP contribution in [0.3, 0.4) is 0 Å². The summed E-state index contributed by atoms with van der Waals surface area (Å²) in [7, 11) is 2.19. The van der Waals surface area contributed by atoms with Gasteiger partial charge in [-0.2, -0.15) is 0 Å². The lowest BCUT2D eigenvalue weighted by molar-refractivity contribution is 0.0947. The summed E-state index contributed by atoms with van der Waals surface area (Å²) >= 11 is 0. The van der Waals surface area contributed by atoms with Gasteiger partial charge in [-0.3, -0.25) is 14.9 Å². The van der Waals surface area contributed by atoms with Crippen LogP contribution in [-0.2, 0) is 0 Å². The monoisotopic (exact) mass is 280 g/mol. The predicted molar refractivity (Wildman–Crippen MR) is 86.7 cm³/mol. The molecule has 1 fully saturated rings. The molecule has 4 heteroatoms. The van der Waals surface area contributed by atoms with Crippen LogP contribution in [0.25, 0.3) is 0 Å². The van der Waals surface area contributed by atoms with E-state index in [9.17, 15) is 0 Å². The summed E-state index contributed by atoms with van der Waals surface area (Å²) in [6, 6.07) is 0. The average molecular weight is 280 g/mol. The smallest absolute Gasteiger partial charge is 0.121 e. The van der Waals surface area contributed by atoms with Gasteiger partial charge >= 0.3 is 0 Å². The highest BCUT2D eigenvalue weighted by Crippen LogP contribution is 2.44. The maximum atomic E-state index is 4.86. The molecule has 0 aromatic rings. The Bertz CT molecular complexity index is 615. The van der Waals surface area contributed by atoms with Crippen molar-refractivity contribution in [3.63, 3.8) is 0 Å². The van der Waals surface area contributed by atoms with Crippen LogP contribution in [0.4, 0.5) is 0 Å². The molecule has 1 aliphatic carbocycles. The second-order valence-electron chi connectivity index (χ2n) is 6.06. The molecular weight excluding hydrogens is 260 g/mol. The van der Waals surface area contributed by atoms with Crippen LogP contribution >= 0.6 is 0 Å². The zero-order chi connectivity index (χ0) is 14.3. The Hall–Kier alpha value is -1.78. The third-order valence-electron chi connectivity index (χ3n) is 4.85. The maximum absolute atomic E-state index is 4.86. The Morgan fingerprint density at radius 3 is 2.86 bits per heavy atom. The van der Waals surface area contributed by atoms with Crippen LogP contribution in [-0.4, -0.2) is 61.1 Å². The van der Waals surface area contributed by atoms with Crippen molar-refractivity contribution in [2.24, 2.45) is 15.4 Å². The van der Waals surface area contributed by atoms with Crippen molar-refractivity contribution in [1.82, 2.24) is 9.80 Å². The van der Waals surface area contributed by atoms with Crippen LogP contribution in [0.2, 0.25) is 0 Å². The highest BCUT2D eigenvalue weighted by molar-refractivity contribution is 6.11. The lowest BCUT2D eigenvalue weighted by Gasteiger charge is -2.43. The van der Waals surface area contributed by atoms with E-state index in [-0.39, 0.29) is 11.6 Å². The first-order valence-corrected chi connectivity index (χ1v) is 7.58. The van der Waals surface area contributed by atoms with E-state index in [1.54, 1.807) is 0 Å².